The third kappa shape index (κ3) is 4.32. The summed E-state index contributed by atoms with van der Waals surface area (Å²) in [4.78, 5) is 18.9. The van der Waals surface area contributed by atoms with Crippen LogP contribution in [0.3, 0.4) is 0 Å². The fourth-order valence-corrected chi connectivity index (χ4v) is 2.91. The van der Waals surface area contributed by atoms with E-state index in [2.05, 4.69) is 16.2 Å². The maximum Gasteiger partial charge on any atom is 0.203 e. The number of hydrogen-bond acceptors (Lipinski definition) is 4. The van der Waals surface area contributed by atoms with Crippen LogP contribution in [0.5, 0.6) is 0 Å². The third-order valence-electron chi connectivity index (χ3n) is 4.21. The van der Waals surface area contributed by atoms with Gasteiger partial charge in [-0.1, -0.05) is 32.9 Å². The van der Waals surface area contributed by atoms with Crippen LogP contribution < -0.4 is 4.90 Å². The third-order valence-corrected chi connectivity index (χ3v) is 4.21. The van der Waals surface area contributed by atoms with Crippen LogP contribution in [0.1, 0.15) is 40.2 Å². The molecule has 3 aromatic rings. The van der Waals surface area contributed by atoms with Gasteiger partial charge >= 0.3 is 0 Å². The Morgan fingerprint density at radius 1 is 1.25 bits per heavy atom. The number of hydrogen-bond donors (Lipinski definition) is 0. The summed E-state index contributed by atoms with van der Waals surface area (Å²) in [6.45, 7) is 9.58. The van der Waals surface area contributed by atoms with E-state index in [1.54, 1.807) is 15.6 Å². The maximum absolute atomic E-state index is 13.0. The molecule has 2 aromatic heterocycles. The maximum atomic E-state index is 13.0. The molecular formula is C21H22N5OYb-. The van der Waals surface area contributed by atoms with Crippen LogP contribution in [-0.2, 0) is 4.79 Å². The van der Waals surface area contributed by atoms with Crippen LogP contribution >= 0.6 is 0 Å². The van der Waals surface area contributed by atoms with E-state index in [1.165, 1.54) is 6.20 Å². The number of anilines is 1. The Morgan fingerprint density at radius 3 is 2.57 bits per heavy atom. The summed E-state index contributed by atoms with van der Waals surface area (Å²) < 4.78 is 1.65. The Kier molecular flexibility index (Phi) is 7.08. The number of carbonyl (C=O) groups is 1. The van der Waals surface area contributed by atoms with Crippen molar-refractivity contribution in [2.45, 2.75) is 34.6 Å². The van der Waals surface area contributed by atoms with Gasteiger partial charge in [0, 0.05) is 69.8 Å². The topological polar surface area (TPSA) is 74.3 Å². The SMILES string of the molecule is C[C-](C)N(C(=O)C(C)(C)C)c1cccc(-c2ccnc3c(C#N)cnn23)c1.[Yb]. The van der Waals surface area contributed by atoms with Crippen molar-refractivity contribution in [2.24, 2.45) is 5.41 Å². The molecule has 28 heavy (non-hydrogen) atoms. The average molecular weight is 533 g/mol. The van der Waals surface area contributed by atoms with Gasteiger partial charge in [0.25, 0.3) is 0 Å². The van der Waals surface area contributed by atoms with Crippen LogP contribution in [0.15, 0.2) is 42.7 Å². The van der Waals surface area contributed by atoms with Crippen molar-refractivity contribution < 1.29 is 51.7 Å². The molecule has 0 radical (unpaired) electrons. The molecule has 1 aromatic carbocycles. The Bertz CT molecular complexity index is 1040. The second-order valence-electron chi connectivity index (χ2n) is 7.62. The van der Waals surface area contributed by atoms with Crippen molar-refractivity contribution in [3.05, 3.63) is 54.3 Å². The quantitative estimate of drug-likeness (QED) is 0.473. The minimum atomic E-state index is -0.499. The molecule has 0 N–H and O–H groups in total. The first-order chi connectivity index (χ1) is 12.7. The largest absolute Gasteiger partial charge is 0.462 e. The molecule has 1 amide bonds. The van der Waals surface area contributed by atoms with Gasteiger partial charge in [0.05, 0.1) is 11.9 Å². The molecule has 7 heteroatoms. The molecule has 0 fully saturated rings. The summed E-state index contributed by atoms with van der Waals surface area (Å²) in [5, 5.41) is 13.5. The molecule has 2 heterocycles. The number of nitrogens with zero attached hydrogens (tertiary/aromatic N) is 5. The number of carbonyl (C=O) groups excluding carboxylic acids is 1. The molecule has 0 aliphatic rings. The number of rotatable bonds is 3. The van der Waals surface area contributed by atoms with Crippen molar-refractivity contribution in [1.29, 1.82) is 5.26 Å². The minimum Gasteiger partial charge on any atom is -0.462 e. The first-order valence-electron chi connectivity index (χ1n) is 8.72. The number of amides is 1. The van der Waals surface area contributed by atoms with Crippen molar-refractivity contribution in [3.8, 4) is 17.3 Å². The van der Waals surface area contributed by atoms with Gasteiger partial charge in [-0.2, -0.15) is 24.2 Å². The average Bonchev–Trinajstić information content (AvgIpc) is 3.04. The number of aromatic nitrogens is 3. The van der Waals surface area contributed by atoms with Crippen molar-refractivity contribution in [1.82, 2.24) is 14.6 Å². The molecule has 0 unspecified atom stereocenters. The first-order valence-corrected chi connectivity index (χ1v) is 8.72. The van der Waals surface area contributed by atoms with Crippen LogP contribution in [-0.4, -0.2) is 20.5 Å². The molecule has 0 bridgehead atoms. The van der Waals surface area contributed by atoms with E-state index in [-0.39, 0.29) is 52.8 Å². The van der Waals surface area contributed by atoms with E-state index in [9.17, 15) is 10.1 Å². The van der Waals surface area contributed by atoms with E-state index >= 15 is 0 Å². The van der Waals surface area contributed by atoms with Crippen molar-refractivity contribution >= 4 is 17.2 Å². The molecule has 3 rings (SSSR count). The Hall–Kier alpha value is -1.68. The molecule has 0 aliphatic carbocycles. The first kappa shape index (κ1) is 22.6. The number of fused-ring (bicyclic) bond motifs is 1. The molecular weight excluding hydrogens is 511 g/mol. The van der Waals surface area contributed by atoms with Gasteiger partial charge in [0.15, 0.2) is 5.65 Å². The summed E-state index contributed by atoms with van der Waals surface area (Å²) in [5.74, 6) is 0.0328. The van der Waals surface area contributed by atoms with E-state index < -0.39 is 5.41 Å². The molecule has 0 atom stereocenters. The summed E-state index contributed by atoms with van der Waals surface area (Å²) in [5.41, 5.74) is 2.93. The van der Waals surface area contributed by atoms with E-state index in [0.717, 1.165) is 23.0 Å². The summed E-state index contributed by atoms with van der Waals surface area (Å²) in [7, 11) is 0. The summed E-state index contributed by atoms with van der Waals surface area (Å²) >= 11 is 0. The van der Waals surface area contributed by atoms with Crippen LogP contribution in [0.4, 0.5) is 5.69 Å². The predicted octanol–water partition coefficient (Wildman–Crippen LogP) is 4.22. The minimum absolute atomic E-state index is 0. The zero-order valence-electron chi connectivity index (χ0n) is 16.5. The van der Waals surface area contributed by atoms with E-state index in [1.807, 2.05) is 65.0 Å². The second kappa shape index (κ2) is 8.77. The van der Waals surface area contributed by atoms with Gasteiger partial charge in [-0.05, 0) is 18.2 Å². The molecule has 0 aliphatic heterocycles. The zero-order valence-corrected chi connectivity index (χ0v) is 18.2. The predicted molar refractivity (Wildman–Crippen MR) is 105 cm³/mol. The molecule has 0 saturated carbocycles. The summed E-state index contributed by atoms with van der Waals surface area (Å²) in [6.07, 6.45) is 3.17. The smallest absolute Gasteiger partial charge is 0.203 e. The zero-order chi connectivity index (χ0) is 19.8. The molecule has 0 spiro atoms. The summed E-state index contributed by atoms with van der Waals surface area (Å²) in [6, 6.07) is 12.6. The van der Waals surface area contributed by atoms with Gasteiger partial charge in [0.1, 0.15) is 11.6 Å². The normalized spacial score (nSPS) is 11.2. The second-order valence-corrected chi connectivity index (χ2v) is 7.62. The van der Waals surface area contributed by atoms with Gasteiger partial charge in [-0.15, -0.1) is 0 Å². The van der Waals surface area contributed by atoms with Crippen LogP contribution in [0.2, 0.25) is 0 Å². The molecule has 6 nitrogen and oxygen atoms in total. The fraction of sp³-hybridized carbons (Fsp3) is 0.286. The Morgan fingerprint density at radius 2 is 1.96 bits per heavy atom. The van der Waals surface area contributed by atoms with Gasteiger partial charge in [0.2, 0.25) is 5.91 Å². The Labute approximate surface area is 203 Å². The standard InChI is InChI=1S/C21H22N5O.Yb/c1-14(2)25(20(27)21(3,4)5)17-8-6-7-15(11-17)18-9-10-23-19-16(12-22)13-24-26(18)19;/h6-11,13H,1-5H3;/q-1;. The van der Waals surface area contributed by atoms with Gasteiger partial charge in [-0.25, -0.2) is 15.5 Å². The van der Waals surface area contributed by atoms with E-state index in [4.69, 9.17) is 0 Å². The van der Waals surface area contributed by atoms with Gasteiger partial charge in [-0.3, -0.25) is 4.79 Å². The molecule has 0 saturated heterocycles. The van der Waals surface area contributed by atoms with Gasteiger partial charge < -0.3 is 4.90 Å². The van der Waals surface area contributed by atoms with Crippen molar-refractivity contribution in [3.63, 3.8) is 0 Å². The fourth-order valence-electron chi connectivity index (χ4n) is 2.91. The number of nitriles is 1. The molecule has 152 valence electrons. The van der Waals surface area contributed by atoms with Crippen LogP contribution in [0.25, 0.3) is 16.9 Å². The van der Waals surface area contributed by atoms with E-state index in [0.29, 0.717) is 11.2 Å². The Balaban J connectivity index is 0.00000280. The monoisotopic (exact) mass is 534 g/mol. The van der Waals surface area contributed by atoms with Crippen molar-refractivity contribution in [2.75, 3.05) is 4.90 Å². The van der Waals surface area contributed by atoms with Crippen LogP contribution in [0, 0.1) is 69.7 Å². The number of benzene rings is 1.